The van der Waals surface area contributed by atoms with Gasteiger partial charge in [0.1, 0.15) is 0 Å². The Bertz CT molecular complexity index is 820. The topological polar surface area (TPSA) is 66.7 Å². The number of aromatic nitrogens is 2. The van der Waals surface area contributed by atoms with E-state index < -0.39 is 0 Å². The van der Waals surface area contributed by atoms with Crippen molar-refractivity contribution in [2.75, 3.05) is 46.4 Å². The molecule has 1 unspecified atom stereocenters. The first-order chi connectivity index (χ1) is 14.6. The number of nitrogens with one attached hydrogen (secondary N) is 2. The van der Waals surface area contributed by atoms with Gasteiger partial charge in [-0.25, -0.2) is 0 Å². The number of benzene rings is 1. The molecule has 1 aliphatic heterocycles. The second-order valence-corrected chi connectivity index (χ2v) is 8.04. The third-order valence-electron chi connectivity index (χ3n) is 5.37. The van der Waals surface area contributed by atoms with Crippen molar-refractivity contribution in [1.82, 2.24) is 25.3 Å². The summed E-state index contributed by atoms with van der Waals surface area (Å²) in [4.78, 5) is 6.84. The number of ether oxygens (including phenoxy) is 1. The van der Waals surface area contributed by atoms with Crippen molar-refractivity contribution in [1.29, 1.82) is 0 Å². The molecule has 0 amide bonds. The molecule has 0 aliphatic carbocycles. The maximum Gasteiger partial charge on any atom is 0.191 e. The predicted octanol–water partition coefficient (Wildman–Crippen LogP) is 3.40. The number of morpholine rings is 1. The lowest BCUT2D eigenvalue weighted by molar-refractivity contribution is 0.0170. The van der Waals surface area contributed by atoms with E-state index in [9.17, 15) is 0 Å². The van der Waals surface area contributed by atoms with Gasteiger partial charge in [-0.1, -0.05) is 23.7 Å². The first-order valence-electron chi connectivity index (χ1n) is 10.6. The summed E-state index contributed by atoms with van der Waals surface area (Å²) in [7, 11) is 1.81. The summed E-state index contributed by atoms with van der Waals surface area (Å²) in [5, 5.41) is 12.2. The van der Waals surface area contributed by atoms with Gasteiger partial charge in [-0.15, -0.1) is 24.0 Å². The first kappa shape index (κ1) is 25.9. The average molecular weight is 561 g/mol. The Balaban J connectivity index is 0.00000341. The van der Waals surface area contributed by atoms with Crippen LogP contribution in [0.4, 0.5) is 0 Å². The van der Waals surface area contributed by atoms with Gasteiger partial charge >= 0.3 is 0 Å². The van der Waals surface area contributed by atoms with Crippen LogP contribution in [0, 0.1) is 13.8 Å². The zero-order valence-corrected chi connectivity index (χ0v) is 21.7. The molecular formula is C22H34ClIN6O. The van der Waals surface area contributed by atoms with Crippen LogP contribution >= 0.6 is 35.6 Å². The van der Waals surface area contributed by atoms with Gasteiger partial charge in [-0.3, -0.25) is 14.6 Å². The van der Waals surface area contributed by atoms with Crippen LogP contribution in [0.5, 0.6) is 0 Å². The van der Waals surface area contributed by atoms with Gasteiger partial charge in [-0.05, 0) is 44.0 Å². The summed E-state index contributed by atoms with van der Waals surface area (Å²) < 4.78 is 7.59. The van der Waals surface area contributed by atoms with Gasteiger partial charge in [0.25, 0.3) is 0 Å². The molecule has 0 saturated carbocycles. The molecule has 0 bridgehead atoms. The third kappa shape index (κ3) is 7.93. The van der Waals surface area contributed by atoms with Crippen LogP contribution in [0.1, 0.15) is 29.4 Å². The molecule has 1 fully saturated rings. The molecule has 9 heteroatoms. The van der Waals surface area contributed by atoms with Crippen LogP contribution in [0.3, 0.4) is 0 Å². The summed E-state index contributed by atoms with van der Waals surface area (Å²) in [5.41, 5.74) is 3.51. The Morgan fingerprint density at radius 3 is 2.52 bits per heavy atom. The summed E-state index contributed by atoms with van der Waals surface area (Å²) in [5.74, 6) is 0.815. The monoisotopic (exact) mass is 560 g/mol. The second-order valence-electron chi connectivity index (χ2n) is 7.60. The van der Waals surface area contributed by atoms with Crippen LogP contribution in [0.25, 0.3) is 0 Å². The lowest BCUT2D eigenvalue weighted by Crippen LogP contribution is -2.46. The third-order valence-corrected chi connectivity index (χ3v) is 5.62. The van der Waals surface area contributed by atoms with Gasteiger partial charge in [0.05, 0.1) is 24.9 Å². The van der Waals surface area contributed by atoms with E-state index in [1.807, 2.05) is 26.1 Å². The normalized spacial score (nSPS) is 15.9. The standard InChI is InChI=1S/C22H33ClN6O.HI/c1-17-15-18(2)29(27-17)10-4-9-25-22(24-3)26-16-21(28-11-13-30-14-12-28)19-5-7-20(23)8-6-19;/h5-8,15,21H,4,9-14,16H2,1-3H3,(H2,24,25,26);1H. The highest BCUT2D eigenvalue weighted by molar-refractivity contribution is 14.0. The highest BCUT2D eigenvalue weighted by Gasteiger charge is 2.22. The molecule has 2 N–H and O–H groups in total. The number of hydrogen-bond acceptors (Lipinski definition) is 4. The highest BCUT2D eigenvalue weighted by Crippen LogP contribution is 2.23. The summed E-state index contributed by atoms with van der Waals surface area (Å²) >= 11 is 6.09. The Morgan fingerprint density at radius 1 is 1.19 bits per heavy atom. The van der Waals surface area contributed by atoms with Crippen molar-refractivity contribution in [2.24, 2.45) is 4.99 Å². The van der Waals surface area contributed by atoms with E-state index in [4.69, 9.17) is 16.3 Å². The number of rotatable bonds is 8. The minimum absolute atomic E-state index is 0. The number of nitrogens with zero attached hydrogens (tertiary/aromatic N) is 4. The maximum atomic E-state index is 6.09. The number of aryl methyl sites for hydroxylation is 3. The Hall–Kier alpha value is -1.36. The number of aliphatic imine (C=N–C) groups is 1. The predicted molar refractivity (Wildman–Crippen MR) is 138 cm³/mol. The molecule has 1 aromatic heterocycles. The Kier molecular flexibility index (Phi) is 11.1. The molecule has 0 spiro atoms. The van der Waals surface area contributed by atoms with E-state index in [0.29, 0.717) is 0 Å². The average Bonchev–Trinajstić information content (AvgIpc) is 3.08. The Labute approximate surface area is 207 Å². The van der Waals surface area contributed by atoms with Gasteiger partial charge in [0.15, 0.2) is 5.96 Å². The molecule has 1 atom stereocenters. The van der Waals surface area contributed by atoms with Gasteiger partial charge in [0, 0.05) is 50.5 Å². The van der Waals surface area contributed by atoms with Crippen LogP contribution < -0.4 is 10.6 Å². The molecule has 1 aliphatic rings. The van der Waals surface area contributed by atoms with Gasteiger partial charge in [0.2, 0.25) is 0 Å². The Morgan fingerprint density at radius 2 is 1.90 bits per heavy atom. The molecule has 1 saturated heterocycles. The van der Waals surface area contributed by atoms with E-state index in [0.717, 1.165) is 69.0 Å². The minimum Gasteiger partial charge on any atom is -0.379 e. The molecular weight excluding hydrogens is 527 g/mol. The SMILES string of the molecule is CN=C(NCCCn1nc(C)cc1C)NCC(c1ccc(Cl)cc1)N1CCOCC1.I. The zero-order valence-electron chi connectivity index (χ0n) is 18.6. The van der Waals surface area contributed by atoms with Crippen molar-refractivity contribution in [2.45, 2.75) is 32.9 Å². The van der Waals surface area contributed by atoms with Crippen LogP contribution in [0.15, 0.2) is 35.3 Å². The molecule has 2 aromatic rings. The smallest absolute Gasteiger partial charge is 0.191 e. The van der Waals surface area contributed by atoms with Gasteiger partial charge in [-0.2, -0.15) is 5.10 Å². The van der Waals surface area contributed by atoms with Crippen molar-refractivity contribution in [3.8, 4) is 0 Å². The van der Waals surface area contributed by atoms with Crippen LogP contribution in [-0.4, -0.2) is 67.1 Å². The second kappa shape index (κ2) is 13.2. The first-order valence-corrected chi connectivity index (χ1v) is 11.0. The van der Waals surface area contributed by atoms with Crippen molar-refractivity contribution < 1.29 is 4.74 Å². The lowest BCUT2D eigenvalue weighted by atomic mass is 10.0. The maximum absolute atomic E-state index is 6.09. The van der Waals surface area contributed by atoms with E-state index >= 15 is 0 Å². The fraction of sp³-hybridized carbons (Fsp3) is 0.545. The number of halogens is 2. The molecule has 1 aromatic carbocycles. The van der Waals surface area contributed by atoms with Crippen LogP contribution in [-0.2, 0) is 11.3 Å². The fourth-order valence-electron chi connectivity index (χ4n) is 3.78. The molecule has 2 heterocycles. The van der Waals surface area contributed by atoms with E-state index in [1.165, 1.54) is 11.3 Å². The molecule has 3 rings (SSSR count). The molecule has 31 heavy (non-hydrogen) atoms. The number of hydrogen-bond donors (Lipinski definition) is 2. The van der Waals surface area contributed by atoms with E-state index in [2.05, 4.69) is 55.4 Å². The van der Waals surface area contributed by atoms with E-state index in [1.54, 1.807) is 0 Å². The van der Waals surface area contributed by atoms with Gasteiger partial charge < -0.3 is 15.4 Å². The quantitative estimate of drug-likeness (QED) is 0.224. The molecule has 172 valence electrons. The minimum atomic E-state index is 0. The lowest BCUT2D eigenvalue weighted by Gasteiger charge is -2.35. The summed E-state index contributed by atoms with van der Waals surface area (Å²) in [6, 6.07) is 10.5. The van der Waals surface area contributed by atoms with Crippen molar-refractivity contribution in [3.63, 3.8) is 0 Å². The summed E-state index contributed by atoms with van der Waals surface area (Å²) in [6.45, 7) is 9.99. The largest absolute Gasteiger partial charge is 0.379 e. The van der Waals surface area contributed by atoms with E-state index in [-0.39, 0.29) is 30.0 Å². The number of guanidine groups is 1. The summed E-state index contributed by atoms with van der Waals surface area (Å²) in [6.07, 6.45) is 0.979. The van der Waals surface area contributed by atoms with Crippen molar-refractivity contribution in [3.05, 3.63) is 52.3 Å². The van der Waals surface area contributed by atoms with Crippen molar-refractivity contribution >= 4 is 41.5 Å². The zero-order chi connectivity index (χ0) is 21.3. The molecule has 0 radical (unpaired) electrons. The fourth-order valence-corrected chi connectivity index (χ4v) is 3.91. The highest BCUT2D eigenvalue weighted by atomic mass is 127. The van der Waals surface area contributed by atoms with Crippen LogP contribution in [0.2, 0.25) is 5.02 Å². The molecule has 7 nitrogen and oxygen atoms in total.